The van der Waals surface area contributed by atoms with Crippen molar-refractivity contribution < 1.29 is 33.5 Å². The molecule has 10 nitrogen and oxygen atoms in total. The van der Waals surface area contributed by atoms with E-state index in [9.17, 15) is 19.5 Å². The van der Waals surface area contributed by atoms with Gasteiger partial charge in [-0.05, 0) is 80.6 Å². The van der Waals surface area contributed by atoms with Crippen molar-refractivity contribution in [1.29, 1.82) is 0 Å². The third-order valence-electron chi connectivity index (χ3n) is 7.42. The van der Waals surface area contributed by atoms with Gasteiger partial charge in [-0.15, -0.1) is 0 Å². The van der Waals surface area contributed by atoms with Crippen molar-refractivity contribution >= 4 is 23.8 Å². The molecule has 4 aromatic rings. The smallest absolute Gasteiger partial charge is 0.419 e. The van der Waals surface area contributed by atoms with E-state index in [-0.39, 0.29) is 6.54 Å². The van der Waals surface area contributed by atoms with Gasteiger partial charge in [-0.2, -0.15) is 0 Å². The molecule has 242 valence electrons. The molecule has 0 fully saturated rings. The molecule has 0 radical (unpaired) electrons. The average Bonchev–Trinajstić information content (AvgIpc) is 3.54. The maximum absolute atomic E-state index is 13.5. The number of urea groups is 1. The lowest BCUT2D eigenvalue weighted by molar-refractivity contribution is -0.152. The minimum atomic E-state index is -1.38. The number of hydrogen-bond donors (Lipinski definition) is 2. The second-order valence-electron chi connectivity index (χ2n) is 11.5. The van der Waals surface area contributed by atoms with Crippen LogP contribution in [0.4, 0.5) is 15.3 Å². The quantitative estimate of drug-likeness (QED) is 0.133. The number of amides is 3. The number of carbonyl (C=O) groups is 3. The van der Waals surface area contributed by atoms with Gasteiger partial charge in [0, 0.05) is 17.3 Å². The van der Waals surface area contributed by atoms with Gasteiger partial charge in [0.15, 0.2) is 17.5 Å². The largest absolute Gasteiger partial charge is 0.478 e. The van der Waals surface area contributed by atoms with Crippen LogP contribution in [0.2, 0.25) is 0 Å². The number of carboxylic acid groups (broad SMARTS) is 1. The number of aliphatic carboxylic acids is 1. The van der Waals surface area contributed by atoms with Crippen LogP contribution in [0.5, 0.6) is 5.75 Å². The Kier molecular flexibility index (Phi) is 11.6. The number of rotatable bonds is 14. The van der Waals surface area contributed by atoms with Crippen molar-refractivity contribution in [1.82, 2.24) is 10.1 Å². The first kappa shape index (κ1) is 33.8. The van der Waals surface area contributed by atoms with Crippen LogP contribution < -0.4 is 10.1 Å². The number of carboxylic acids is 1. The number of carbonyl (C=O) groups excluding carboxylic acids is 2. The zero-order chi connectivity index (χ0) is 33.1. The number of imide groups is 1. The number of benzene rings is 3. The Hall–Kier alpha value is -5.12. The van der Waals surface area contributed by atoms with E-state index in [1.54, 1.807) is 30.3 Å². The highest BCUT2D eigenvalue weighted by molar-refractivity contribution is 5.99. The second-order valence-corrected chi connectivity index (χ2v) is 11.5. The van der Waals surface area contributed by atoms with Crippen LogP contribution in [-0.2, 0) is 22.5 Å². The molecule has 1 heterocycles. The number of anilines is 1. The number of hydrogen-bond acceptors (Lipinski definition) is 7. The fourth-order valence-corrected chi connectivity index (χ4v) is 4.65. The third kappa shape index (κ3) is 9.20. The van der Waals surface area contributed by atoms with E-state index in [4.69, 9.17) is 14.0 Å². The Morgan fingerprint density at radius 3 is 2.26 bits per heavy atom. The first-order chi connectivity index (χ1) is 22.1. The fourth-order valence-electron chi connectivity index (χ4n) is 4.65. The summed E-state index contributed by atoms with van der Waals surface area (Å²) < 4.78 is 16.9. The van der Waals surface area contributed by atoms with Crippen molar-refractivity contribution in [2.75, 3.05) is 5.32 Å². The Morgan fingerprint density at radius 2 is 1.63 bits per heavy atom. The summed E-state index contributed by atoms with van der Waals surface area (Å²) in [6.07, 6.45) is 3.14. The molecule has 46 heavy (non-hydrogen) atoms. The Morgan fingerprint density at radius 1 is 0.935 bits per heavy atom. The molecule has 1 aromatic heterocycles. The van der Waals surface area contributed by atoms with Gasteiger partial charge in [0.1, 0.15) is 11.4 Å². The predicted molar refractivity (Wildman–Crippen MR) is 174 cm³/mol. The zero-order valence-corrected chi connectivity index (χ0v) is 26.7. The van der Waals surface area contributed by atoms with Gasteiger partial charge in [-0.1, -0.05) is 74.3 Å². The van der Waals surface area contributed by atoms with Gasteiger partial charge >= 0.3 is 18.1 Å². The summed E-state index contributed by atoms with van der Waals surface area (Å²) in [5.41, 5.74) is 2.32. The summed E-state index contributed by atoms with van der Waals surface area (Å²) in [4.78, 5) is 39.4. The summed E-state index contributed by atoms with van der Waals surface area (Å²) >= 11 is 0. The van der Waals surface area contributed by atoms with Gasteiger partial charge < -0.3 is 24.4 Å². The number of nitrogens with zero attached hydrogens (tertiary/aromatic N) is 2. The molecule has 1 atom stereocenters. The molecule has 0 spiro atoms. The molecule has 3 aromatic carbocycles. The molecule has 0 saturated heterocycles. The van der Waals surface area contributed by atoms with Crippen LogP contribution in [-0.4, -0.2) is 38.9 Å². The third-order valence-corrected chi connectivity index (χ3v) is 7.42. The number of aromatic nitrogens is 1. The fraction of sp³-hybridized carbons (Fsp3) is 0.333. The van der Waals surface area contributed by atoms with Gasteiger partial charge in [0.05, 0.1) is 6.54 Å². The maximum atomic E-state index is 13.5. The SMILES string of the molecule is CCCCCc1ccc(NC(=O)N(Cc2ccccc2)C(=O)OC(CC)c2cc(-c3ccc(OC(C)(C)C(=O)O)cc3)no2)cc1. The van der Waals surface area contributed by atoms with Crippen LogP contribution in [0.3, 0.4) is 0 Å². The molecule has 1 unspecified atom stereocenters. The van der Waals surface area contributed by atoms with Crippen LogP contribution >= 0.6 is 0 Å². The Bertz CT molecular complexity index is 1580. The van der Waals surface area contributed by atoms with E-state index in [2.05, 4.69) is 17.4 Å². The van der Waals surface area contributed by atoms with E-state index in [1.165, 1.54) is 25.8 Å². The first-order valence-corrected chi connectivity index (χ1v) is 15.5. The van der Waals surface area contributed by atoms with Crippen LogP contribution in [0.1, 0.15) is 76.4 Å². The molecule has 2 N–H and O–H groups in total. The normalized spacial score (nSPS) is 11.8. The molecule has 3 amide bonds. The minimum absolute atomic E-state index is 0.00575. The van der Waals surface area contributed by atoms with Crippen molar-refractivity contribution in [3.8, 4) is 17.0 Å². The van der Waals surface area contributed by atoms with E-state index < -0.39 is 29.8 Å². The summed E-state index contributed by atoms with van der Waals surface area (Å²) in [7, 11) is 0. The highest BCUT2D eigenvalue weighted by atomic mass is 16.6. The summed E-state index contributed by atoms with van der Waals surface area (Å²) in [6.45, 7) is 6.94. The highest BCUT2D eigenvalue weighted by Gasteiger charge is 2.30. The van der Waals surface area contributed by atoms with Crippen LogP contribution in [0.15, 0.2) is 89.5 Å². The van der Waals surface area contributed by atoms with Crippen molar-refractivity contribution in [2.24, 2.45) is 0 Å². The number of unbranched alkanes of at least 4 members (excludes halogenated alkanes) is 2. The monoisotopic (exact) mass is 627 g/mol. The molecular formula is C36H41N3O7. The molecular weight excluding hydrogens is 586 g/mol. The van der Waals surface area contributed by atoms with Crippen LogP contribution in [0, 0.1) is 0 Å². The summed E-state index contributed by atoms with van der Waals surface area (Å²) in [5.74, 6) is -0.374. The lowest BCUT2D eigenvalue weighted by Crippen LogP contribution is -2.40. The minimum Gasteiger partial charge on any atom is -0.478 e. The van der Waals surface area contributed by atoms with Gasteiger partial charge in [-0.3, -0.25) is 0 Å². The van der Waals surface area contributed by atoms with E-state index >= 15 is 0 Å². The molecule has 4 rings (SSSR count). The first-order valence-electron chi connectivity index (χ1n) is 15.5. The van der Waals surface area contributed by atoms with E-state index in [1.807, 2.05) is 61.5 Å². The predicted octanol–water partition coefficient (Wildman–Crippen LogP) is 8.64. The average molecular weight is 628 g/mol. The molecule has 0 aliphatic rings. The molecule has 10 heteroatoms. The second kappa shape index (κ2) is 15.7. The lowest BCUT2D eigenvalue weighted by atomic mass is 10.1. The van der Waals surface area contributed by atoms with Gasteiger partial charge in [0.2, 0.25) is 0 Å². The van der Waals surface area contributed by atoms with Gasteiger partial charge in [-0.25, -0.2) is 19.3 Å². The van der Waals surface area contributed by atoms with Gasteiger partial charge in [0.25, 0.3) is 0 Å². The Labute approximate surface area is 269 Å². The van der Waals surface area contributed by atoms with Crippen molar-refractivity contribution in [3.05, 3.63) is 102 Å². The molecule has 0 bridgehead atoms. The highest BCUT2D eigenvalue weighted by Crippen LogP contribution is 2.29. The summed E-state index contributed by atoms with van der Waals surface area (Å²) in [5, 5.41) is 16.3. The molecule has 0 aliphatic heterocycles. The number of aryl methyl sites for hydroxylation is 1. The molecule has 0 aliphatic carbocycles. The van der Waals surface area contributed by atoms with E-state index in [0.29, 0.717) is 34.9 Å². The van der Waals surface area contributed by atoms with E-state index in [0.717, 1.165) is 29.7 Å². The van der Waals surface area contributed by atoms with Crippen molar-refractivity contribution in [2.45, 2.75) is 78.0 Å². The Balaban J connectivity index is 1.46. The zero-order valence-electron chi connectivity index (χ0n) is 26.7. The standard InChI is InChI=1S/C36H41N3O7/c1-5-7-9-12-25-15-19-28(20-16-25)37-34(42)39(24-26-13-10-8-11-14-26)35(43)44-31(6-2)32-23-30(38-46-32)27-17-21-29(22-18-27)45-36(3,4)33(40)41/h8,10-11,13-23,31H,5-7,9,12,24H2,1-4H3,(H,37,42)(H,40,41). The van der Waals surface area contributed by atoms with Crippen molar-refractivity contribution in [3.63, 3.8) is 0 Å². The van der Waals surface area contributed by atoms with Crippen LogP contribution in [0.25, 0.3) is 11.3 Å². The number of nitrogens with one attached hydrogen (secondary N) is 1. The number of ether oxygens (including phenoxy) is 2. The topological polar surface area (TPSA) is 131 Å². The molecule has 0 saturated carbocycles. The maximum Gasteiger partial charge on any atom is 0.419 e. The summed E-state index contributed by atoms with van der Waals surface area (Å²) in [6, 6.07) is 24.6. The lowest BCUT2D eigenvalue weighted by Gasteiger charge is -2.23.